The molecule has 166 valence electrons. The van der Waals surface area contributed by atoms with Gasteiger partial charge in [0.1, 0.15) is 6.04 Å². The van der Waals surface area contributed by atoms with E-state index in [1.807, 2.05) is 12.1 Å². The third kappa shape index (κ3) is 5.11. The zero-order valence-corrected chi connectivity index (χ0v) is 18.7. The number of nitro benzene ring substituents is 1. The molecule has 1 heterocycles. The summed E-state index contributed by atoms with van der Waals surface area (Å²) in [6.07, 6.45) is 1.74. The standard InChI is InChI=1S/C22H27N3O5S/c1-22(2,3)16-10-12-17(13-11-16)23-21(26)20-9-4-5-14-24(20)31(29,30)19-8-6-7-18(15-19)25(27)28/h6-8,10-13,15,20H,4-5,9,14H2,1-3H3,(H,23,26)/t20-/m1/s1. The number of piperidine rings is 1. The van der Waals surface area contributed by atoms with Gasteiger partial charge in [-0.15, -0.1) is 0 Å². The predicted octanol–water partition coefficient (Wildman–Crippen LogP) is 4.07. The molecule has 1 amide bonds. The number of anilines is 1. The van der Waals surface area contributed by atoms with Gasteiger partial charge in [-0.1, -0.05) is 45.4 Å². The molecule has 0 bridgehead atoms. The van der Waals surface area contributed by atoms with E-state index in [0.717, 1.165) is 22.4 Å². The van der Waals surface area contributed by atoms with E-state index >= 15 is 0 Å². The third-order valence-corrected chi connectivity index (χ3v) is 7.31. The van der Waals surface area contributed by atoms with Crippen molar-refractivity contribution in [3.05, 3.63) is 64.2 Å². The number of non-ortho nitro benzene ring substituents is 1. The number of amides is 1. The first-order valence-corrected chi connectivity index (χ1v) is 11.6. The van der Waals surface area contributed by atoms with Crippen molar-refractivity contribution in [1.82, 2.24) is 4.31 Å². The topological polar surface area (TPSA) is 110 Å². The van der Waals surface area contributed by atoms with E-state index in [1.54, 1.807) is 12.1 Å². The molecule has 1 fully saturated rings. The highest BCUT2D eigenvalue weighted by molar-refractivity contribution is 7.89. The Morgan fingerprint density at radius 3 is 2.42 bits per heavy atom. The number of hydrogen-bond donors (Lipinski definition) is 1. The highest BCUT2D eigenvalue weighted by atomic mass is 32.2. The average molecular weight is 446 g/mol. The van der Waals surface area contributed by atoms with Gasteiger partial charge in [-0.3, -0.25) is 14.9 Å². The average Bonchev–Trinajstić information content (AvgIpc) is 2.73. The Morgan fingerprint density at radius 1 is 1.13 bits per heavy atom. The summed E-state index contributed by atoms with van der Waals surface area (Å²) in [5, 5.41) is 13.9. The predicted molar refractivity (Wildman–Crippen MR) is 118 cm³/mol. The molecule has 8 nitrogen and oxygen atoms in total. The Balaban J connectivity index is 1.83. The van der Waals surface area contributed by atoms with Crippen molar-refractivity contribution in [3.8, 4) is 0 Å². The summed E-state index contributed by atoms with van der Waals surface area (Å²) in [7, 11) is -4.06. The third-order valence-electron chi connectivity index (χ3n) is 5.41. The molecule has 2 aromatic rings. The summed E-state index contributed by atoms with van der Waals surface area (Å²) < 4.78 is 27.6. The highest BCUT2D eigenvalue weighted by Crippen LogP contribution is 2.29. The number of carbonyl (C=O) groups excluding carboxylic acids is 1. The molecule has 1 N–H and O–H groups in total. The molecule has 1 saturated heterocycles. The first kappa shape index (κ1) is 22.9. The van der Waals surface area contributed by atoms with E-state index in [-0.39, 0.29) is 22.5 Å². The van der Waals surface area contributed by atoms with Crippen molar-refractivity contribution in [1.29, 1.82) is 0 Å². The largest absolute Gasteiger partial charge is 0.325 e. The highest BCUT2D eigenvalue weighted by Gasteiger charge is 2.38. The molecule has 0 saturated carbocycles. The Hall–Kier alpha value is -2.78. The van der Waals surface area contributed by atoms with E-state index in [2.05, 4.69) is 26.1 Å². The van der Waals surface area contributed by atoms with Gasteiger partial charge in [-0.25, -0.2) is 8.42 Å². The van der Waals surface area contributed by atoms with Gasteiger partial charge in [-0.2, -0.15) is 4.31 Å². The summed E-state index contributed by atoms with van der Waals surface area (Å²) >= 11 is 0. The zero-order valence-electron chi connectivity index (χ0n) is 17.9. The minimum Gasteiger partial charge on any atom is -0.325 e. The van der Waals surface area contributed by atoms with Gasteiger partial charge >= 0.3 is 0 Å². The molecule has 2 aromatic carbocycles. The van der Waals surface area contributed by atoms with Crippen molar-refractivity contribution in [2.45, 2.75) is 56.4 Å². The van der Waals surface area contributed by atoms with Crippen LogP contribution in [-0.4, -0.2) is 36.1 Å². The van der Waals surface area contributed by atoms with Crippen LogP contribution < -0.4 is 5.32 Å². The second-order valence-electron chi connectivity index (χ2n) is 8.70. The molecule has 1 aliphatic rings. The maximum atomic E-state index is 13.2. The lowest BCUT2D eigenvalue weighted by Crippen LogP contribution is -2.49. The maximum absolute atomic E-state index is 13.2. The number of carbonyl (C=O) groups is 1. The molecule has 9 heteroatoms. The minimum atomic E-state index is -4.06. The fraction of sp³-hybridized carbons (Fsp3) is 0.409. The summed E-state index contributed by atoms with van der Waals surface area (Å²) in [5.74, 6) is -0.405. The summed E-state index contributed by atoms with van der Waals surface area (Å²) in [4.78, 5) is 23.2. The lowest BCUT2D eigenvalue weighted by molar-refractivity contribution is -0.385. The van der Waals surface area contributed by atoms with E-state index in [1.165, 1.54) is 18.2 Å². The van der Waals surface area contributed by atoms with Gasteiger partial charge in [0.2, 0.25) is 15.9 Å². The molecule has 0 unspecified atom stereocenters. The Bertz CT molecular complexity index is 1080. The number of nitro groups is 1. The smallest absolute Gasteiger partial charge is 0.270 e. The summed E-state index contributed by atoms with van der Waals surface area (Å²) in [5.41, 5.74) is 1.39. The van der Waals surface area contributed by atoms with Crippen LogP contribution in [0.15, 0.2) is 53.4 Å². The monoisotopic (exact) mass is 445 g/mol. The van der Waals surface area contributed by atoms with Crippen LogP contribution in [0.2, 0.25) is 0 Å². The number of hydrogen-bond acceptors (Lipinski definition) is 5. The first-order valence-electron chi connectivity index (χ1n) is 10.2. The molecule has 1 atom stereocenters. The summed E-state index contributed by atoms with van der Waals surface area (Å²) in [6, 6.07) is 11.5. The quantitative estimate of drug-likeness (QED) is 0.551. The van der Waals surface area contributed by atoms with Crippen molar-refractivity contribution in [2.75, 3.05) is 11.9 Å². The molecular formula is C22H27N3O5S. The number of nitrogens with zero attached hydrogens (tertiary/aromatic N) is 2. The van der Waals surface area contributed by atoms with Crippen LogP contribution >= 0.6 is 0 Å². The first-order chi connectivity index (χ1) is 14.5. The Labute approximate surface area is 182 Å². The molecule has 31 heavy (non-hydrogen) atoms. The van der Waals surface area contributed by atoms with Crippen molar-refractivity contribution in [2.24, 2.45) is 0 Å². The van der Waals surface area contributed by atoms with Crippen LogP contribution in [0.4, 0.5) is 11.4 Å². The van der Waals surface area contributed by atoms with Gasteiger partial charge in [0.15, 0.2) is 0 Å². The second-order valence-corrected chi connectivity index (χ2v) is 10.6. The van der Waals surface area contributed by atoms with Gasteiger partial charge in [0.25, 0.3) is 5.69 Å². The van der Waals surface area contributed by atoms with E-state index in [4.69, 9.17) is 0 Å². The minimum absolute atomic E-state index is 0.0188. The molecule has 0 spiro atoms. The molecule has 0 aliphatic carbocycles. The normalized spacial score (nSPS) is 17.8. The number of sulfonamides is 1. The van der Waals surface area contributed by atoms with Gasteiger partial charge in [0, 0.05) is 24.4 Å². The van der Waals surface area contributed by atoms with Crippen LogP contribution in [0.5, 0.6) is 0 Å². The molecule has 0 radical (unpaired) electrons. The second kappa shape index (κ2) is 8.76. The van der Waals surface area contributed by atoms with Crippen LogP contribution in [0, 0.1) is 10.1 Å². The van der Waals surface area contributed by atoms with Gasteiger partial charge < -0.3 is 5.32 Å². The van der Waals surface area contributed by atoms with Crippen LogP contribution in [0.3, 0.4) is 0 Å². The van der Waals surface area contributed by atoms with E-state index < -0.39 is 26.9 Å². The maximum Gasteiger partial charge on any atom is 0.270 e. The van der Waals surface area contributed by atoms with Crippen LogP contribution in [0.1, 0.15) is 45.6 Å². The molecular weight excluding hydrogens is 418 g/mol. The van der Waals surface area contributed by atoms with Crippen molar-refractivity contribution in [3.63, 3.8) is 0 Å². The van der Waals surface area contributed by atoms with Crippen LogP contribution in [0.25, 0.3) is 0 Å². The van der Waals surface area contributed by atoms with Crippen molar-refractivity contribution >= 4 is 27.3 Å². The SMILES string of the molecule is CC(C)(C)c1ccc(NC(=O)[C@H]2CCCCN2S(=O)(=O)c2cccc([N+](=O)[O-])c2)cc1. The Kier molecular flexibility index (Phi) is 6.47. The van der Waals surface area contributed by atoms with Gasteiger partial charge in [-0.05, 0) is 42.0 Å². The lowest BCUT2D eigenvalue weighted by atomic mass is 9.87. The zero-order chi connectivity index (χ0) is 22.8. The summed E-state index contributed by atoms with van der Waals surface area (Å²) in [6.45, 7) is 6.48. The number of nitrogens with one attached hydrogen (secondary N) is 1. The van der Waals surface area contributed by atoms with Crippen molar-refractivity contribution < 1.29 is 18.1 Å². The fourth-order valence-corrected chi connectivity index (χ4v) is 5.32. The molecule has 3 rings (SSSR count). The number of rotatable bonds is 5. The van der Waals surface area contributed by atoms with E-state index in [9.17, 15) is 23.3 Å². The lowest BCUT2D eigenvalue weighted by Gasteiger charge is -2.33. The van der Waals surface area contributed by atoms with E-state index in [0.29, 0.717) is 18.5 Å². The Morgan fingerprint density at radius 2 is 1.81 bits per heavy atom. The van der Waals surface area contributed by atoms with Crippen LogP contribution in [-0.2, 0) is 20.2 Å². The fourth-order valence-electron chi connectivity index (χ4n) is 3.63. The van der Waals surface area contributed by atoms with Gasteiger partial charge in [0.05, 0.1) is 9.82 Å². The molecule has 1 aliphatic heterocycles. The molecule has 0 aromatic heterocycles. The number of benzene rings is 2.